The van der Waals surface area contributed by atoms with Gasteiger partial charge in [-0.2, -0.15) is 13.2 Å². The highest BCUT2D eigenvalue weighted by atomic mass is 35.5. The Morgan fingerprint density at radius 3 is 2.28 bits per heavy atom. The fourth-order valence-electron chi connectivity index (χ4n) is 3.31. The summed E-state index contributed by atoms with van der Waals surface area (Å²) in [6, 6.07) is 0.335. The number of carbonyl (C=O) groups is 1. The average molecular weight is 485 g/mol. The van der Waals surface area contributed by atoms with E-state index < -0.39 is 64.9 Å². The lowest BCUT2D eigenvalue weighted by Gasteiger charge is -2.37. The van der Waals surface area contributed by atoms with E-state index in [0.29, 0.717) is 6.07 Å². The van der Waals surface area contributed by atoms with Crippen LogP contribution in [0.3, 0.4) is 0 Å². The molecule has 1 saturated heterocycles. The number of piperidine rings is 1. The molecule has 32 heavy (non-hydrogen) atoms. The maximum absolute atomic E-state index is 14.0. The molecule has 1 N–H and O–H groups in total. The zero-order chi connectivity index (χ0) is 23.7. The number of rotatable bonds is 5. The van der Waals surface area contributed by atoms with E-state index in [-0.39, 0.29) is 25.2 Å². The molecule has 1 amide bonds. The second-order valence-electron chi connectivity index (χ2n) is 7.20. The van der Waals surface area contributed by atoms with E-state index in [1.807, 2.05) is 0 Å². The number of halogens is 8. The van der Waals surface area contributed by atoms with Crippen LogP contribution >= 0.6 is 11.6 Å². The monoisotopic (exact) mass is 484 g/mol. The lowest BCUT2D eigenvalue weighted by molar-refractivity contribution is -0.145. The van der Waals surface area contributed by atoms with Crippen molar-refractivity contribution >= 4 is 17.5 Å². The van der Waals surface area contributed by atoms with Gasteiger partial charge in [0.1, 0.15) is 11.6 Å². The summed E-state index contributed by atoms with van der Waals surface area (Å²) in [6.45, 7) is -0.521. The van der Waals surface area contributed by atoms with E-state index >= 15 is 0 Å². The molecule has 5 nitrogen and oxygen atoms in total. The largest absolute Gasteiger partial charge is 0.451 e. The molecule has 3 rings (SSSR count). The summed E-state index contributed by atoms with van der Waals surface area (Å²) < 4.78 is 92.6. The van der Waals surface area contributed by atoms with Crippen LogP contribution in [-0.4, -0.2) is 46.3 Å². The standard InChI is InChI=1S/C19H16ClF7N4O/c20-12-5-11(21)6-13(22)15(12)16(32)28-9-14(31-3-1-18(23,24)2-4-31)10-7-29-17(30-8-10)19(25,26)27/h5-8,14H,1-4,9H2,(H,28,32). The molecular formula is C19H16ClF7N4O. The summed E-state index contributed by atoms with van der Waals surface area (Å²) >= 11 is 5.74. The third kappa shape index (κ3) is 5.66. The molecule has 0 aliphatic carbocycles. The van der Waals surface area contributed by atoms with Crippen molar-refractivity contribution < 1.29 is 35.5 Å². The Labute approximate surface area is 182 Å². The lowest BCUT2D eigenvalue weighted by Crippen LogP contribution is -2.45. The van der Waals surface area contributed by atoms with Crippen molar-refractivity contribution in [2.45, 2.75) is 31.0 Å². The van der Waals surface area contributed by atoms with Crippen molar-refractivity contribution in [3.8, 4) is 0 Å². The number of carbonyl (C=O) groups excluding carboxylic acids is 1. The van der Waals surface area contributed by atoms with Crippen molar-refractivity contribution in [1.82, 2.24) is 20.2 Å². The van der Waals surface area contributed by atoms with Crippen molar-refractivity contribution in [3.05, 3.63) is 58.1 Å². The van der Waals surface area contributed by atoms with Gasteiger partial charge in [0.2, 0.25) is 5.82 Å². The molecule has 1 aromatic carbocycles. The van der Waals surface area contributed by atoms with Crippen LogP contribution in [0.5, 0.6) is 0 Å². The summed E-state index contributed by atoms with van der Waals surface area (Å²) in [4.78, 5) is 20.5. The molecule has 1 atom stereocenters. The minimum atomic E-state index is -4.77. The second kappa shape index (κ2) is 9.18. The van der Waals surface area contributed by atoms with Gasteiger partial charge in [-0.25, -0.2) is 27.5 Å². The number of nitrogens with zero attached hydrogens (tertiary/aromatic N) is 3. The number of hydrogen-bond acceptors (Lipinski definition) is 4. The first-order chi connectivity index (χ1) is 14.9. The quantitative estimate of drug-likeness (QED) is 0.629. The molecular weight excluding hydrogens is 469 g/mol. The van der Waals surface area contributed by atoms with Crippen molar-refractivity contribution in [2.75, 3.05) is 19.6 Å². The molecule has 2 heterocycles. The average Bonchev–Trinajstić information content (AvgIpc) is 2.68. The highest BCUT2D eigenvalue weighted by Gasteiger charge is 2.38. The van der Waals surface area contributed by atoms with Gasteiger partial charge < -0.3 is 5.32 Å². The molecule has 0 radical (unpaired) electrons. The molecule has 1 fully saturated rings. The maximum atomic E-state index is 14.0. The molecule has 1 aliphatic heterocycles. The predicted octanol–water partition coefficient (Wildman–Crippen LogP) is 4.63. The van der Waals surface area contributed by atoms with Crippen LogP contribution in [0.15, 0.2) is 24.5 Å². The van der Waals surface area contributed by atoms with E-state index in [1.54, 1.807) is 0 Å². The zero-order valence-corrected chi connectivity index (χ0v) is 17.0. The SMILES string of the molecule is O=C(NCC(c1cnc(C(F)(F)F)nc1)N1CCC(F)(F)CC1)c1c(F)cc(F)cc1Cl. The van der Waals surface area contributed by atoms with Gasteiger partial charge >= 0.3 is 6.18 Å². The molecule has 0 saturated carbocycles. The summed E-state index contributed by atoms with van der Waals surface area (Å²) in [5, 5.41) is 1.89. The van der Waals surface area contributed by atoms with Crippen LogP contribution < -0.4 is 5.32 Å². The van der Waals surface area contributed by atoms with Gasteiger partial charge in [0.25, 0.3) is 11.8 Å². The molecule has 0 spiro atoms. The van der Waals surface area contributed by atoms with Crippen LogP contribution in [0.1, 0.15) is 40.6 Å². The molecule has 1 unspecified atom stereocenters. The van der Waals surface area contributed by atoms with Crippen LogP contribution in [0.25, 0.3) is 0 Å². The highest BCUT2D eigenvalue weighted by molar-refractivity contribution is 6.33. The van der Waals surface area contributed by atoms with Crippen LogP contribution in [0.2, 0.25) is 5.02 Å². The third-order valence-corrected chi connectivity index (χ3v) is 5.27. The van der Waals surface area contributed by atoms with E-state index in [1.165, 1.54) is 4.90 Å². The molecule has 13 heteroatoms. The fraction of sp³-hybridized carbons (Fsp3) is 0.421. The minimum Gasteiger partial charge on any atom is -0.350 e. The predicted molar refractivity (Wildman–Crippen MR) is 99.2 cm³/mol. The summed E-state index contributed by atoms with van der Waals surface area (Å²) in [5.41, 5.74) is -0.491. The molecule has 1 aromatic heterocycles. The molecule has 0 bridgehead atoms. The third-order valence-electron chi connectivity index (χ3n) is 4.97. The number of amides is 1. The smallest absolute Gasteiger partial charge is 0.350 e. The van der Waals surface area contributed by atoms with Crippen LogP contribution in [0.4, 0.5) is 30.7 Å². The number of aromatic nitrogens is 2. The van der Waals surface area contributed by atoms with Crippen LogP contribution in [-0.2, 0) is 6.18 Å². The van der Waals surface area contributed by atoms with Gasteiger partial charge in [-0.15, -0.1) is 0 Å². The lowest BCUT2D eigenvalue weighted by atomic mass is 10.0. The van der Waals surface area contributed by atoms with E-state index in [0.717, 1.165) is 18.5 Å². The Hall–Kier alpha value is -2.47. The van der Waals surface area contributed by atoms with Gasteiger partial charge in [-0.3, -0.25) is 9.69 Å². The van der Waals surface area contributed by atoms with Gasteiger partial charge in [0.05, 0.1) is 16.6 Å². The van der Waals surface area contributed by atoms with Crippen LogP contribution in [0, 0.1) is 11.6 Å². The summed E-state index contributed by atoms with van der Waals surface area (Å²) in [7, 11) is 0. The summed E-state index contributed by atoms with van der Waals surface area (Å²) in [5.74, 6) is -7.47. The maximum Gasteiger partial charge on any atom is 0.451 e. The van der Waals surface area contributed by atoms with Gasteiger partial charge in [-0.1, -0.05) is 11.6 Å². The van der Waals surface area contributed by atoms with E-state index in [9.17, 15) is 35.5 Å². The first-order valence-electron chi connectivity index (χ1n) is 9.31. The van der Waals surface area contributed by atoms with E-state index in [4.69, 9.17) is 11.6 Å². The Kier molecular flexibility index (Phi) is 6.94. The number of benzene rings is 1. The Bertz CT molecular complexity index is 952. The fourth-order valence-corrected chi connectivity index (χ4v) is 3.59. The van der Waals surface area contributed by atoms with Crippen molar-refractivity contribution in [1.29, 1.82) is 0 Å². The first-order valence-corrected chi connectivity index (χ1v) is 9.69. The van der Waals surface area contributed by atoms with Crippen molar-refractivity contribution in [3.63, 3.8) is 0 Å². The van der Waals surface area contributed by atoms with Gasteiger partial charge in [0, 0.05) is 56.5 Å². The number of likely N-dealkylation sites (tertiary alicyclic amines) is 1. The molecule has 174 valence electrons. The zero-order valence-electron chi connectivity index (χ0n) is 16.2. The molecule has 2 aromatic rings. The Morgan fingerprint density at radius 1 is 1.16 bits per heavy atom. The topological polar surface area (TPSA) is 58.1 Å². The Morgan fingerprint density at radius 2 is 1.75 bits per heavy atom. The first kappa shape index (κ1) is 24.2. The molecule has 1 aliphatic rings. The Balaban J connectivity index is 1.82. The van der Waals surface area contributed by atoms with Crippen molar-refractivity contribution in [2.24, 2.45) is 0 Å². The minimum absolute atomic E-state index is 0.111. The number of alkyl halides is 5. The number of hydrogen-bond donors (Lipinski definition) is 1. The second-order valence-corrected chi connectivity index (χ2v) is 7.61. The summed E-state index contributed by atoms with van der Waals surface area (Å²) in [6.07, 6.45) is -3.96. The van der Waals surface area contributed by atoms with Gasteiger partial charge in [-0.05, 0) is 6.07 Å². The van der Waals surface area contributed by atoms with E-state index in [2.05, 4.69) is 15.3 Å². The number of nitrogens with one attached hydrogen (secondary N) is 1. The van der Waals surface area contributed by atoms with Gasteiger partial charge in [0.15, 0.2) is 0 Å². The highest BCUT2D eigenvalue weighted by Crippen LogP contribution is 2.33. The normalized spacial score (nSPS) is 17.8.